The Labute approximate surface area is 114 Å². The summed E-state index contributed by atoms with van der Waals surface area (Å²) in [5.41, 5.74) is -0.432. The van der Waals surface area contributed by atoms with Crippen LogP contribution < -0.4 is 0 Å². The summed E-state index contributed by atoms with van der Waals surface area (Å²) in [6.45, 7) is 9.66. The van der Waals surface area contributed by atoms with Crippen LogP contribution in [0.15, 0.2) is 17.5 Å². The molecule has 1 heterocycles. The van der Waals surface area contributed by atoms with Crippen molar-refractivity contribution in [3.63, 3.8) is 0 Å². The predicted molar refractivity (Wildman–Crippen MR) is 75.8 cm³/mol. The third-order valence-corrected chi connectivity index (χ3v) is 3.97. The molecule has 0 bridgehead atoms. The van der Waals surface area contributed by atoms with E-state index in [2.05, 4.69) is 18.4 Å². The monoisotopic (exact) mass is 269 g/mol. The normalized spacial score (nSPS) is 15.5. The molecule has 0 spiro atoms. The quantitative estimate of drug-likeness (QED) is 0.784. The first-order valence-electron chi connectivity index (χ1n) is 6.20. The molecule has 18 heavy (non-hydrogen) atoms. The van der Waals surface area contributed by atoms with Crippen molar-refractivity contribution in [3.8, 4) is 0 Å². The van der Waals surface area contributed by atoms with E-state index in [0.29, 0.717) is 0 Å². The minimum atomic E-state index is -0.432. The van der Waals surface area contributed by atoms with E-state index in [9.17, 15) is 4.79 Å². The minimum Gasteiger partial charge on any atom is -0.459 e. The van der Waals surface area contributed by atoms with Gasteiger partial charge in [-0.3, -0.25) is 9.69 Å². The smallest absolute Gasteiger partial charge is 0.323 e. The predicted octanol–water partition coefficient (Wildman–Crippen LogP) is 3.47. The van der Waals surface area contributed by atoms with E-state index in [1.165, 1.54) is 4.88 Å². The van der Waals surface area contributed by atoms with Gasteiger partial charge >= 0.3 is 5.97 Å². The van der Waals surface area contributed by atoms with Crippen LogP contribution in [0.2, 0.25) is 0 Å². The highest BCUT2D eigenvalue weighted by Crippen LogP contribution is 2.25. The van der Waals surface area contributed by atoms with Crippen LogP contribution in [-0.2, 0) is 9.53 Å². The summed E-state index contributed by atoms with van der Waals surface area (Å²) in [6.07, 6.45) is 0. The lowest BCUT2D eigenvalue weighted by Gasteiger charge is -2.31. The van der Waals surface area contributed by atoms with Crippen molar-refractivity contribution in [1.82, 2.24) is 4.90 Å². The average molecular weight is 269 g/mol. The molecule has 3 nitrogen and oxygen atoms in total. The zero-order valence-electron chi connectivity index (χ0n) is 12.1. The number of nitrogens with zero attached hydrogens (tertiary/aromatic N) is 1. The maximum Gasteiger partial charge on any atom is 0.323 e. The molecule has 0 fully saturated rings. The molecule has 2 unspecified atom stereocenters. The van der Waals surface area contributed by atoms with Crippen LogP contribution in [0.4, 0.5) is 0 Å². The molecule has 0 saturated carbocycles. The van der Waals surface area contributed by atoms with E-state index >= 15 is 0 Å². The molecule has 0 saturated heterocycles. The van der Waals surface area contributed by atoms with Crippen molar-refractivity contribution in [1.29, 1.82) is 0 Å². The summed E-state index contributed by atoms with van der Waals surface area (Å²) >= 11 is 1.71. The van der Waals surface area contributed by atoms with Gasteiger partial charge in [0.1, 0.15) is 11.6 Å². The van der Waals surface area contributed by atoms with Crippen LogP contribution in [0.3, 0.4) is 0 Å². The van der Waals surface area contributed by atoms with E-state index in [4.69, 9.17) is 4.74 Å². The Bertz CT molecular complexity index is 381. The summed E-state index contributed by atoms with van der Waals surface area (Å²) in [4.78, 5) is 15.3. The second-order valence-corrected chi connectivity index (χ2v) is 6.55. The molecule has 2 atom stereocenters. The van der Waals surface area contributed by atoms with Crippen LogP contribution >= 0.6 is 11.3 Å². The van der Waals surface area contributed by atoms with Crippen molar-refractivity contribution in [2.24, 2.45) is 0 Å². The Balaban J connectivity index is 2.66. The topological polar surface area (TPSA) is 29.5 Å². The molecule has 1 rings (SSSR count). The maximum absolute atomic E-state index is 12.0. The highest BCUT2D eigenvalue weighted by Gasteiger charge is 2.27. The number of carbonyl (C=O) groups is 1. The van der Waals surface area contributed by atoms with Gasteiger partial charge in [-0.2, -0.15) is 0 Å². The Morgan fingerprint density at radius 3 is 2.44 bits per heavy atom. The zero-order chi connectivity index (χ0) is 13.9. The molecule has 1 aromatic rings. The third-order valence-electron chi connectivity index (χ3n) is 2.92. The van der Waals surface area contributed by atoms with Gasteiger partial charge in [0.05, 0.1) is 0 Å². The van der Waals surface area contributed by atoms with Gasteiger partial charge in [0.2, 0.25) is 0 Å². The van der Waals surface area contributed by atoms with E-state index in [1.807, 2.05) is 45.7 Å². The van der Waals surface area contributed by atoms with Gasteiger partial charge in [-0.05, 0) is 53.1 Å². The number of thiophene rings is 1. The minimum absolute atomic E-state index is 0.173. The number of esters is 1. The van der Waals surface area contributed by atoms with Gasteiger partial charge < -0.3 is 4.74 Å². The van der Waals surface area contributed by atoms with E-state index in [0.717, 1.165) is 0 Å². The van der Waals surface area contributed by atoms with Crippen LogP contribution in [0.5, 0.6) is 0 Å². The van der Waals surface area contributed by atoms with Crippen molar-refractivity contribution < 1.29 is 9.53 Å². The first-order chi connectivity index (χ1) is 8.22. The largest absolute Gasteiger partial charge is 0.459 e. The molecule has 0 N–H and O–H groups in total. The van der Waals surface area contributed by atoms with Gasteiger partial charge in [0, 0.05) is 10.9 Å². The average Bonchev–Trinajstić information content (AvgIpc) is 2.77. The fraction of sp³-hybridized carbons (Fsp3) is 0.643. The van der Waals surface area contributed by atoms with Gasteiger partial charge in [0.25, 0.3) is 0 Å². The van der Waals surface area contributed by atoms with Gasteiger partial charge in [-0.1, -0.05) is 6.07 Å². The van der Waals surface area contributed by atoms with Crippen LogP contribution in [0.25, 0.3) is 0 Å². The fourth-order valence-electron chi connectivity index (χ4n) is 1.62. The number of carbonyl (C=O) groups excluding carboxylic acids is 1. The lowest BCUT2D eigenvalue weighted by atomic mass is 10.1. The van der Waals surface area contributed by atoms with Crippen LogP contribution in [0, 0.1) is 0 Å². The fourth-order valence-corrected chi connectivity index (χ4v) is 2.45. The summed E-state index contributed by atoms with van der Waals surface area (Å²) in [7, 11) is 1.96. The molecule has 4 heteroatoms. The number of likely N-dealkylation sites (N-methyl/N-ethyl adjacent to an activating group) is 1. The molecule has 1 aromatic heterocycles. The van der Waals surface area contributed by atoms with Crippen LogP contribution in [0.1, 0.15) is 45.5 Å². The first-order valence-corrected chi connectivity index (χ1v) is 7.08. The van der Waals surface area contributed by atoms with Gasteiger partial charge in [-0.25, -0.2) is 0 Å². The Morgan fingerprint density at radius 1 is 1.39 bits per heavy atom. The zero-order valence-corrected chi connectivity index (χ0v) is 12.9. The highest BCUT2D eigenvalue weighted by atomic mass is 32.1. The maximum atomic E-state index is 12.0. The van der Waals surface area contributed by atoms with Crippen molar-refractivity contribution in [2.45, 2.75) is 52.3 Å². The third kappa shape index (κ3) is 4.10. The van der Waals surface area contributed by atoms with E-state index in [-0.39, 0.29) is 18.1 Å². The Kier molecular flexibility index (Phi) is 4.93. The molecule has 0 aliphatic carbocycles. The molecular weight excluding hydrogens is 246 g/mol. The molecule has 102 valence electrons. The van der Waals surface area contributed by atoms with E-state index in [1.54, 1.807) is 11.3 Å². The van der Waals surface area contributed by atoms with Crippen LogP contribution in [-0.4, -0.2) is 29.6 Å². The lowest BCUT2D eigenvalue weighted by Crippen LogP contribution is -2.41. The summed E-state index contributed by atoms with van der Waals surface area (Å²) in [6, 6.07) is 4.09. The second kappa shape index (κ2) is 5.85. The van der Waals surface area contributed by atoms with Gasteiger partial charge in [0.15, 0.2) is 0 Å². The van der Waals surface area contributed by atoms with E-state index < -0.39 is 5.60 Å². The summed E-state index contributed by atoms with van der Waals surface area (Å²) < 4.78 is 5.41. The number of hydrogen-bond donors (Lipinski definition) is 0. The molecule has 0 radical (unpaired) electrons. The molecule has 0 amide bonds. The van der Waals surface area contributed by atoms with Crippen molar-refractivity contribution in [2.75, 3.05) is 7.05 Å². The molecule has 0 aromatic carbocycles. The first kappa shape index (κ1) is 15.2. The Morgan fingerprint density at radius 2 is 2.00 bits per heavy atom. The molecular formula is C14H23NO2S. The SMILES string of the molecule is CC(C(=O)OC(C)(C)C)N(C)C(C)c1cccs1. The summed E-state index contributed by atoms with van der Waals surface area (Å²) in [5.74, 6) is -0.173. The summed E-state index contributed by atoms with van der Waals surface area (Å²) in [5, 5.41) is 2.05. The lowest BCUT2D eigenvalue weighted by molar-refractivity contribution is -0.161. The number of ether oxygens (including phenoxy) is 1. The second-order valence-electron chi connectivity index (χ2n) is 5.57. The number of hydrogen-bond acceptors (Lipinski definition) is 4. The van der Waals surface area contributed by atoms with Crippen molar-refractivity contribution >= 4 is 17.3 Å². The van der Waals surface area contributed by atoms with Crippen molar-refractivity contribution in [3.05, 3.63) is 22.4 Å². The Hall–Kier alpha value is -0.870. The number of rotatable bonds is 4. The molecule has 0 aliphatic rings. The highest BCUT2D eigenvalue weighted by molar-refractivity contribution is 7.10. The molecule has 0 aliphatic heterocycles. The van der Waals surface area contributed by atoms with Gasteiger partial charge in [-0.15, -0.1) is 11.3 Å². The standard InChI is InChI=1S/C14H23NO2S/c1-10(12-8-7-9-18-12)15(6)11(2)13(16)17-14(3,4)5/h7-11H,1-6H3.